The number of aryl methyl sites for hydroxylation is 1. The highest BCUT2D eigenvalue weighted by Gasteiger charge is 2.26. The van der Waals surface area contributed by atoms with Gasteiger partial charge in [-0.3, -0.25) is 4.90 Å². The molecule has 0 saturated heterocycles. The van der Waals surface area contributed by atoms with Crippen molar-refractivity contribution in [3.05, 3.63) is 100 Å². The van der Waals surface area contributed by atoms with Crippen molar-refractivity contribution in [3.8, 4) is 5.75 Å². The van der Waals surface area contributed by atoms with Crippen LogP contribution in [0.5, 0.6) is 5.75 Å². The minimum absolute atomic E-state index is 0.348. The van der Waals surface area contributed by atoms with Crippen LogP contribution < -0.4 is 4.74 Å². The second-order valence-corrected chi connectivity index (χ2v) is 10.2. The summed E-state index contributed by atoms with van der Waals surface area (Å²) in [5.41, 5.74) is 4.95. The van der Waals surface area contributed by atoms with E-state index in [0.29, 0.717) is 17.6 Å². The molecule has 0 radical (unpaired) electrons. The monoisotopic (exact) mass is 491 g/mol. The van der Waals surface area contributed by atoms with Gasteiger partial charge < -0.3 is 9.84 Å². The molecule has 35 heavy (non-hydrogen) atoms. The van der Waals surface area contributed by atoms with Crippen LogP contribution in [0, 0.1) is 0 Å². The number of unbranched alkanes of at least 4 members (excludes halogenated alkanes) is 2. The maximum absolute atomic E-state index is 11.2. The fourth-order valence-corrected chi connectivity index (χ4v) is 5.26. The molecule has 2 atom stereocenters. The molecule has 1 unspecified atom stereocenters. The van der Waals surface area contributed by atoms with Gasteiger partial charge in [0.15, 0.2) is 0 Å². The van der Waals surface area contributed by atoms with Crippen molar-refractivity contribution in [2.24, 2.45) is 0 Å². The summed E-state index contributed by atoms with van der Waals surface area (Å²) in [7, 11) is 0. The van der Waals surface area contributed by atoms with Crippen molar-refractivity contribution in [1.82, 2.24) is 4.90 Å². The second kappa shape index (κ2) is 13.1. The third-order valence-corrected chi connectivity index (χ3v) is 7.25. The lowest BCUT2D eigenvalue weighted by Crippen LogP contribution is -2.39. The van der Waals surface area contributed by atoms with Crippen LogP contribution in [-0.2, 0) is 19.4 Å². The van der Waals surface area contributed by atoms with Gasteiger partial charge in [-0.2, -0.15) is 0 Å². The number of aliphatic hydroxyl groups excluding tert-OH is 1. The Labute approximate surface area is 215 Å². The molecule has 4 heteroatoms. The highest BCUT2D eigenvalue weighted by molar-refractivity contribution is 6.30. The van der Waals surface area contributed by atoms with Gasteiger partial charge in [0, 0.05) is 24.2 Å². The van der Waals surface area contributed by atoms with Gasteiger partial charge in [0.2, 0.25) is 0 Å². The van der Waals surface area contributed by atoms with Crippen LogP contribution in [0.25, 0.3) is 0 Å². The number of hydrogen-bond acceptors (Lipinski definition) is 3. The van der Waals surface area contributed by atoms with Crippen molar-refractivity contribution in [2.75, 3.05) is 13.2 Å². The molecule has 1 aliphatic rings. The van der Waals surface area contributed by atoms with E-state index in [1.54, 1.807) is 0 Å². The van der Waals surface area contributed by atoms with E-state index in [9.17, 15) is 5.11 Å². The van der Waals surface area contributed by atoms with Crippen LogP contribution in [-0.4, -0.2) is 29.2 Å². The first-order valence-corrected chi connectivity index (χ1v) is 13.5. The van der Waals surface area contributed by atoms with E-state index < -0.39 is 6.10 Å². The van der Waals surface area contributed by atoms with Gasteiger partial charge in [-0.25, -0.2) is 0 Å². The predicted molar refractivity (Wildman–Crippen MR) is 145 cm³/mol. The first-order chi connectivity index (χ1) is 17.1. The predicted octanol–water partition coefficient (Wildman–Crippen LogP) is 7.39. The first kappa shape index (κ1) is 25.8. The van der Waals surface area contributed by atoms with Gasteiger partial charge in [-0.15, -0.1) is 0 Å². The minimum atomic E-state index is -0.589. The van der Waals surface area contributed by atoms with Crippen LogP contribution in [0.3, 0.4) is 0 Å². The molecule has 186 valence electrons. The maximum atomic E-state index is 11.2. The van der Waals surface area contributed by atoms with E-state index in [0.717, 1.165) is 56.6 Å². The molecule has 0 heterocycles. The highest BCUT2D eigenvalue weighted by atomic mass is 35.5. The number of halogens is 1. The quantitative estimate of drug-likeness (QED) is 0.224. The normalized spacial score (nSPS) is 16.5. The zero-order valence-electron chi connectivity index (χ0n) is 20.8. The van der Waals surface area contributed by atoms with Gasteiger partial charge in [-0.1, -0.05) is 79.9 Å². The Morgan fingerprint density at radius 2 is 1.86 bits per heavy atom. The Balaban J connectivity index is 1.53. The van der Waals surface area contributed by atoms with Gasteiger partial charge in [-0.05, 0) is 78.6 Å². The molecule has 0 spiro atoms. The molecule has 3 aromatic rings. The number of rotatable bonds is 11. The molecule has 3 nitrogen and oxygen atoms in total. The third kappa shape index (κ3) is 7.57. The number of nitrogens with zero attached hydrogens (tertiary/aromatic N) is 1. The van der Waals surface area contributed by atoms with E-state index in [-0.39, 0.29) is 0 Å². The van der Waals surface area contributed by atoms with Gasteiger partial charge in [0.05, 0.1) is 12.7 Å². The lowest BCUT2D eigenvalue weighted by Gasteiger charge is -2.33. The van der Waals surface area contributed by atoms with Crippen LogP contribution in [0.2, 0.25) is 5.02 Å². The summed E-state index contributed by atoms with van der Waals surface area (Å²) in [6.45, 7) is 4.38. The Kier molecular flexibility index (Phi) is 9.65. The van der Waals surface area contributed by atoms with Crippen molar-refractivity contribution >= 4 is 11.6 Å². The number of aliphatic hydroxyl groups is 1. The minimum Gasteiger partial charge on any atom is -0.494 e. The summed E-state index contributed by atoms with van der Waals surface area (Å²) in [5, 5.41) is 11.8. The van der Waals surface area contributed by atoms with E-state index in [1.807, 2.05) is 24.3 Å². The average molecular weight is 492 g/mol. The van der Waals surface area contributed by atoms with Crippen molar-refractivity contribution in [1.29, 1.82) is 0 Å². The van der Waals surface area contributed by atoms with E-state index in [1.165, 1.54) is 29.5 Å². The van der Waals surface area contributed by atoms with Gasteiger partial charge in [0.1, 0.15) is 5.75 Å². The molecule has 4 rings (SSSR count). The molecular weight excluding hydrogens is 454 g/mol. The van der Waals surface area contributed by atoms with E-state index >= 15 is 0 Å². The van der Waals surface area contributed by atoms with E-state index in [4.69, 9.17) is 16.3 Å². The van der Waals surface area contributed by atoms with Crippen LogP contribution >= 0.6 is 11.6 Å². The Bertz CT molecular complexity index is 1050. The molecule has 1 N–H and O–H groups in total. The van der Waals surface area contributed by atoms with Crippen molar-refractivity contribution < 1.29 is 9.84 Å². The zero-order chi connectivity index (χ0) is 24.5. The number of fused-ring (bicyclic) bond motifs is 1. The molecule has 3 aromatic carbocycles. The number of benzene rings is 3. The molecule has 0 bridgehead atoms. The van der Waals surface area contributed by atoms with E-state index in [2.05, 4.69) is 60.4 Å². The smallest absolute Gasteiger partial charge is 0.119 e. The molecule has 1 aliphatic carbocycles. The molecule has 0 aromatic heterocycles. The lowest BCUT2D eigenvalue weighted by molar-refractivity contribution is 0.0778. The van der Waals surface area contributed by atoms with Gasteiger partial charge in [0.25, 0.3) is 0 Å². The van der Waals surface area contributed by atoms with Crippen molar-refractivity contribution in [3.63, 3.8) is 0 Å². The van der Waals surface area contributed by atoms with Crippen LogP contribution in [0.15, 0.2) is 72.8 Å². The topological polar surface area (TPSA) is 32.7 Å². The largest absolute Gasteiger partial charge is 0.494 e. The summed E-state index contributed by atoms with van der Waals surface area (Å²) in [6.07, 6.45) is 7.23. The molecule has 0 fully saturated rings. The standard InChI is InChI=1S/C31H38ClNO2/c1-2-3-7-18-35-30-17-16-25-12-9-15-29(20-27(25)21-30)33(22-24-10-5-4-6-11-24)23-31(34)26-13-8-14-28(32)19-26/h4-6,8,10-11,13-14,16-17,19,21,29,31,34H,2-3,7,9,12,15,18,20,22-23H2,1H3/t29?,31-/m0/s1. The SMILES string of the molecule is CCCCCOc1ccc2c(c1)CC(N(Cc1ccccc1)C[C@H](O)c1cccc(Cl)c1)CCC2. The van der Waals surface area contributed by atoms with Gasteiger partial charge >= 0.3 is 0 Å². The fraction of sp³-hybridized carbons (Fsp3) is 0.419. The first-order valence-electron chi connectivity index (χ1n) is 13.1. The van der Waals surface area contributed by atoms with Crippen LogP contribution in [0.1, 0.15) is 67.4 Å². The fourth-order valence-electron chi connectivity index (χ4n) is 5.07. The summed E-state index contributed by atoms with van der Waals surface area (Å²) in [6, 6.07) is 25.2. The molecule has 0 amide bonds. The summed E-state index contributed by atoms with van der Waals surface area (Å²) in [4.78, 5) is 2.46. The average Bonchev–Trinajstić information content (AvgIpc) is 3.09. The third-order valence-electron chi connectivity index (χ3n) is 7.02. The lowest BCUT2D eigenvalue weighted by atomic mass is 9.99. The molecule has 0 saturated carbocycles. The molecule has 0 aliphatic heterocycles. The number of ether oxygens (including phenoxy) is 1. The number of hydrogen-bond donors (Lipinski definition) is 1. The second-order valence-electron chi connectivity index (χ2n) is 9.72. The van der Waals surface area contributed by atoms with Crippen LogP contribution in [0.4, 0.5) is 0 Å². The maximum Gasteiger partial charge on any atom is 0.119 e. The summed E-state index contributed by atoms with van der Waals surface area (Å²) >= 11 is 6.21. The summed E-state index contributed by atoms with van der Waals surface area (Å²) < 4.78 is 6.07. The zero-order valence-corrected chi connectivity index (χ0v) is 21.6. The Hall–Kier alpha value is -2.33. The van der Waals surface area contributed by atoms with Crippen molar-refractivity contribution in [2.45, 2.75) is 70.6 Å². The Morgan fingerprint density at radius 1 is 1.00 bits per heavy atom. The molecular formula is C31H38ClNO2. The Morgan fingerprint density at radius 3 is 2.66 bits per heavy atom. The summed E-state index contributed by atoms with van der Waals surface area (Å²) in [5.74, 6) is 0.981. The highest BCUT2D eigenvalue weighted by Crippen LogP contribution is 2.30.